The Balaban J connectivity index is 1.78. The summed E-state index contributed by atoms with van der Waals surface area (Å²) in [5.74, 6) is 0.310. The van der Waals surface area contributed by atoms with E-state index < -0.39 is 0 Å². The lowest BCUT2D eigenvalue weighted by molar-refractivity contribution is -0.336. The molecule has 0 spiro atoms. The van der Waals surface area contributed by atoms with Gasteiger partial charge >= 0.3 is 0 Å². The highest BCUT2D eigenvalue weighted by Crippen LogP contribution is 2.45. The van der Waals surface area contributed by atoms with E-state index >= 15 is 0 Å². The van der Waals surface area contributed by atoms with E-state index in [2.05, 4.69) is 69.7 Å². The lowest BCUT2D eigenvalue weighted by Gasteiger charge is -2.58. The van der Waals surface area contributed by atoms with Crippen molar-refractivity contribution in [1.82, 2.24) is 5.06 Å². The third-order valence-electron chi connectivity index (χ3n) is 6.28. The van der Waals surface area contributed by atoms with Crippen LogP contribution in [0, 0.1) is 5.92 Å². The number of benzene rings is 1. The molecule has 2 aliphatic rings. The molecule has 27 heavy (non-hydrogen) atoms. The molecule has 0 N–H and O–H groups in total. The van der Waals surface area contributed by atoms with Crippen molar-refractivity contribution < 1.29 is 9.57 Å². The summed E-state index contributed by atoms with van der Waals surface area (Å²) in [6.45, 7) is 13.9. The van der Waals surface area contributed by atoms with E-state index in [-0.39, 0.29) is 17.2 Å². The Bertz CT molecular complexity index is 604. The quantitative estimate of drug-likeness (QED) is 0.581. The maximum absolute atomic E-state index is 6.66. The van der Waals surface area contributed by atoms with Gasteiger partial charge in [0.05, 0.1) is 24.4 Å². The van der Waals surface area contributed by atoms with Gasteiger partial charge in [-0.3, -0.25) is 4.84 Å². The normalized spacial score (nSPS) is 28.7. The zero-order valence-corrected chi connectivity index (χ0v) is 17.6. The molecule has 0 amide bonds. The first-order chi connectivity index (χ1) is 12.8. The predicted octanol–water partition coefficient (Wildman–Crippen LogP) is 5.90. The second-order valence-electron chi connectivity index (χ2n) is 9.45. The Morgan fingerprint density at radius 1 is 1.07 bits per heavy atom. The number of hydroxylamine groups is 2. The molecule has 3 nitrogen and oxygen atoms in total. The maximum atomic E-state index is 6.66. The molecule has 150 valence electrons. The summed E-state index contributed by atoms with van der Waals surface area (Å²) < 4.78 is 6.51. The summed E-state index contributed by atoms with van der Waals surface area (Å²) >= 11 is 0. The van der Waals surface area contributed by atoms with Gasteiger partial charge in [-0.1, -0.05) is 55.7 Å². The van der Waals surface area contributed by atoms with Gasteiger partial charge in [-0.2, -0.15) is 5.06 Å². The molecule has 1 aliphatic heterocycles. The van der Waals surface area contributed by atoms with Crippen molar-refractivity contribution in [3.05, 3.63) is 48.6 Å². The molecule has 1 heterocycles. The molecule has 1 aromatic rings. The predicted molar refractivity (Wildman–Crippen MR) is 111 cm³/mol. The van der Waals surface area contributed by atoms with Crippen molar-refractivity contribution >= 4 is 0 Å². The van der Waals surface area contributed by atoms with Crippen molar-refractivity contribution in [3.63, 3.8) is 0 Å². The molecule has 2 atom stereocenters. The van der Waals surface area contributed by atoms with E-state index in [1.807, 2.05) is 6.07 Å². The van der Waals surface area contributed by atoms with Crippen molar-refractivity contribution in [2.45, 2.75) is 96.1 Å². The lowest BCUT2D eigenvalue weighted by Crippen LogP contribution is -2.68. The van der Waals surface area contributed by atoms with Crippen LogP contribution in [0.1, 0.15) is 71.8 Å². The van der Waals surface area contributed by atoms with Crippen LogP contribution in [0.2, 0.25) is 0 Å². The number of ether oxygens (including phenoxy) is 1. The van der Waals surface area contributed by atoms with E-state index in [0.29, 0.717) is 18.6 Å². The van der Waals surface area contributed by atoms with E-state index in [0.717, 1.165) is 6.42 Å². The second kappa shape index (κ2) is 8.46. The SMILES string of the molecule is C=CC1CC(C)(C)N(OC2CCCCC2)C(C)(C)C1OCc1ccccc1. The first-order valence-electron chi connectivity index (χ1n) is 10.6. The standard InChI is InChI=1S/C24H37NO2/c1-6-20-17-23(2,3)25(27-21-15-11-8-12-16-21)24(4,5)22(20)26-18-19-13-9-7-10-14-19/h6-7,9-10,13-14,20-22H,1,8,11-12,15-18H2,2-5H3. The molecule has 1 saturated heterocycles. The summed E-state index contributed by atoms with van der Waals surface area (Å²) in [6.07, 6.45) is 9.70. The molecular weight excluding hydrogens is 334 g/mol. The smallest absolute Gasteiger partial charge is 0.0843 e. The molecular formula is C24H37NO2. The molecule has 3 heteroatoms. The Hall–Kier alpha value is -1.16. The van der Waals surface area contributed by atoms with Crippen molar-refractivity contribution in [2.24, 2.45) is 5.92 Å². The third-order valence-corrected chi connectivity index (χ3v) is 6.28. The van der Waals surface area contributed by atoms with Crippen LogP contribution >= 0.6 is 0 Å². The highest BCUT2D eigenvalue weighted by molar-refractivity contribution is 5.14. The second-order valence-corrected chi connectivity index (χ2v) is 9.45. The van der Waals surface area contributed by atoms with Gasteiger partial charge in [0.15, 0.2) is 0 Å². The van der Waals surface area contributed by atoms with E-state index in [9.17, 15) is 0 Å². The fraction of sp³-hybridized carbons (Fsp3) is 0.667. The molecule has 0 bridgehead atoms. The van der Waals surface area contributed by atoms with Gasteiger partial charge in [0, 0.05) is 11.5 Å². The van der Waals surface area contributed by atoms with Gasteiger partial charge in [0.1, 0.15) is 0 Å². The minimum atomic E-state index is -0.229. The molecule has 3 rings (SSSR count). The van der Waals surface area contributed by atoms with Crippen LogP contribution in [0.15, 0.2) is 43.0 Å². The van der Waals surface area contributed by atoms with Gasteiger partial charge in [-0.15, -0.1) is 6.58 Å². The number of rotatable bonds is 6. The highest BCUT2D eigenvalue weighted by Gasteiger charge is 2.53. The maximum Gasteiger partial charge on any atom is 0.0843 e. The average Bonchev–Trinajstić information content (AvgIpc) is 2.65. The average molecular weight is 372 g/mol. The zero-order chi connectivity index (χ0) is 19.5. The fourth-order valence-electron chi connectivity index (χ4n) is 5.08. The number of nitrogens with zero attached hydrogens (tertiary/aromatic N) is 1. The summed E-state index contributed by atoms with van der Waals surface area (Å²) in [7, 11) is 0. The monoisotopic (exact) mass is 371 g/mol. The van der Waals surface area contributed by atoms with Gasteiger partial charge in [-0.05, 0) is 52.5 Å². The summed E-state index contributed by atoms with van der Waals surface area (Å²) in [5, 5.41) is 2.27. The van der Waals surface area contributed by atoms with Crippen LogP contribution in [-0.2, 0) is 16.2 Å². The Labute approximate surface area is 165 Å². The Morgan fingerprint density at radius 2 is 1.74 bits per heavy atom. The zero-order valence-electron chi connectivity index (χ0n) is 17.6. The van der Waals surface area contributed by atoms with E-state index in [1.54, 1.807) is 0 Å². The summed E-state index contributed by atoms with van der Waals surface area (Å²) in [6, 6.07) is 10.4. The minimum absolute atomic E-state index is 0.0480. The van der Waals surface area contributed by atoms with Gasteiger partial charge < -0.3 is 4.74 Å². The van der Waals surface area contributed by atoms with Crippen molar-refractivity contribution in [1.29, 1.82) is 0 Å². The topological polar surface area (TPSA) is 21.7 Å². The molecule has 2 unspecified atom stereocenters. The van der Waals surface area contributed by atoms with Crippen LogP contribution in [0.4, 0.5) is 0 Å². The highest BCUT2D eigenvalue weighted by atomic mass is 16.7. The van der Waals surface area contributed by atoms with E-state index in [4.69, 9.17) is 9.57 Å². The first-order valence-corrected chi connectivity index (χ1v) is 10.6. The lowest BCUT2D eigenvalue weighted by atomic mass is 9.73. The largest absolute Gasteiger partial charge is 0.371 e. The molecule has 1 aliphatic carbocycles. The Morgan fingerprint density at radius 3 is 2.37 bits per heavy atom. The van der Waals surface area contributed by atoms with Crippen LogP contribution in [0.3, 0.4) is 0 Å². The molecule has 0 aromatic heterocycles. The molecule has 2 fully saturated rings. The molecule has 1 saturated carbocycles. The minimum Gasteiger partial charge on any atom is -0.371 e. The van der Waals surface area contributed by atoms with Crippen LogP contribution in [-0.4, -0.2) is 28.3 Å². The number of hydrogen-bond donors (Lipinski definition) is 0. The Kier molecular flexibility index (Phi) is 6.45. The fourth-order valence-corrected chi connectivity index (χ4v) is 5.08. The van der Waals surface area contributed by atoms with Crippen molar-refractivity contribution in [2.75, 3.05) is 0 Å². The third kappa shape index (κ3) is 4.64. The summed E-state index contributed by atoms with van der Waals surface area (Å²) in [5.41, 5.74) is 0.930. The number of hydrogen-bond acceptors (Lipinski definition) is 3. The van der Waals surface area contributed by atoms with Crippen LogP contribution in [0.25, 0.3) is 0 Å². The number of piperidine rings is 1. The van der Waals surface area contributed by atoms with Gasteiger partial charge in [0.2, 0.25) is 0 Å². The van der Waals surface area contributed by atoms with Crippen LogP contribution < -0.4 is 0 Å². The molecule has 1 aromatic carbocycles. The van der Waals surface area contributed by atoms with Gasteiger partial charge in [0.25, 0.3) is 0 Å². The van der Waals surface area contributed by atoms with Crippen LogP contribution in [0.5, 0.6) is 0 Å². The van der Waals surface area contributed by atoms with Crippen molar-refractivity contribution in [3.8, 4) is 0 Å². The summed E-state index contributed by atoms with van der Waals surface area (Å²) in [4.78, 5) is 6.66. The first kappa shape index (κ1) is 20.6. The van der Waals surface area contributed by atoms with Gasteiger partial charge in [-0.25, -0.2) is 0 Å². The van der Waals surface area contributed by atoms with E-state index in [1.165, 1.54) is 37.7 Å². The molecule has 0 radical (unpaired) electrons.